The van der Waals surface area contributed by atoms with E-state index < -0.39 is 0 Å². The van der Waals surface area contributed by atoms with Crippen LogP contribution >= 0.6 is 0 Å². The number of carbonyl (C=O) groups is 2. The number of carbonyl (C=O) groups excluding carboxylic acids is 2. The van der Waals surface area contributed by atoms with Gasteiger partial charge in [0.1, 0.15) is 0 Å². The molecule has 3 rings (SSSR count). The Bertz CT molecular complexity index is 851. The number of hydrogen-bond acceptors (Lipinski definition) is 3. The van der Waals surface area contributed by atoms with Crippen LogP contribution in [0.2, 0.25) is 0 Å². The van der Waals surface area contributed by atoms with Crippen LogP contribution in [0.4, 0.5) is 5.69 Å². The van der Waals surface area contributed by atoms with Crippen LogP contribution in [0.5, 0.6) is 0 Å². The number of piperidine rings is 1. The molecule has 0 atom stereocenters. The summed E-state index contributed by atoms with van der Waals surface area (Å²) < 4.78 is 0. The zero-order valence-electron chi connectivity index (χ0n) is 17.2. The van der Waals surface area contributed by atoms with Crippen LogP contribution < -0.4 is 10.2 Å². The molecule has 1 aliphatic rings. The molecular weight excluding hydrogens is 362 g/mol. The molecule has 152 valence electrons. The lowest BCUT2D eigenvalue weighted by molar-refractivity contribution is -0.125. The Morgan fingerprint density at radius 2 is 1.66 bits per heavy atom. The summed E-state index contributed by atoms with van der Waals surface area (Å²) in [5.74, 6) is -0.178. The Morgan fingerprint density at radius 3 is 2.28 bits per heavy atom. The third-order valence-corrected chi connectivity index (χ3v) is 5.27. The van der Waals surface area contributed by atoms with Gasteiger partial charge in [-0.25, -0.2) is 0 Å². The Hall–Kier alpha value is -3.08. The molecule has 0 radical (unpaired) electrons. The monoisotopic (exact) mass is 391 g/mol. The molecule has 0 saturated carbocycles. The zero-order valence-corrected chi connectivity index (χ0v) is 17.2. The van der Waals surface area contributed by atoms with Gasteiger partial charge in [-0.05, 0) is 60.7 Å². The number of anilines is 1. The van der Waals surface area contributed by atoms with Crippen LogP contribution in [0.3, 0.4) is 0 Å². The first-order valence-electron chi connectivity index (χ1n) is 10.2. The Kier molecular flexibility index (Phi) is 7.06. The fourth-order valence-corrected chi connectivity index (χ4v) is 3.50. The number of likely N-dealkylation sites (N-methyl/N-ethyl adjacent to an activating group) is 1. The number of amides is 2. The van der Waals surface area contributed by atoms with Gasteiger partial charge in [0.2, 0.25) is 5.91 Å². The molecule has 1 saturated heterocycles. The number of rotatable bonds is 6. The Morgan fingerprint density at radius 1 is 1.00 bits per heavy atom. The minimum atomic E-state index is -0.123. The van der Waals surface area contributed by atoms with Gasteiger partial charge < -0.3 is 15.1 Å². The minimum Gasteiger partial charge on any atom is -0.372 e. The van der Waals surface area contributed by atoms with Gasteiger partial charge in [-0.15, -0.1) is 0 Å². The summed E-state index contributed by atoms with van der Waals surface area (Å²) in [6.45, 7) is 2.83. The smallest absolute Gasteiger partial charge is 0.251 e. The van der Waals surface area contributed by atoms with Crippen LogP contribution in [-0.2, 0) is 11.3 Å². The van der Waals surface area contributed by atoms with E-state index in [0.29, 0.717) is 12.1 Å². The second kappa shape index (κ2) is 9.92. The van der Waals surface area contributed by atoms with Crippen molar-refractivity contribution in [1.29, 1.82) is 0 Å². The number of benzene rings is 2. The average molecular weight is 392 g/mol. The highest BCUT2D eigenvalue weighted by Crippen LogP contribution is 2.20. The summed E-state index contributed by atoms with van der Waals surface area (Å²) in [5, 5.41) is 2.59. The summed E-state index contributed by atoms with van der Waals surface area (Å²) in [4.78, 5) is 28.1. The normalized spacial score (nSPS) is 14.1. The van der Waals surface area contributed by atoms with E-state index in [1.54, 1.807) is 43.3 Å². The van der Waals surface area contributed by atoms with Crippen molar-refractivity contribution in [3.05, 3.63) is 71.3 Å². The summed E-state index contributed by atoms with van der Waals surface area (Å²) >= 11 is 0. The van der Waals surface area contributed by atoms with Crippen LogP contribution in [0, 0.1) is 0 Å². The molecule has 2 aromatic carbocycles. The molecule has 0 unspecified atom stereocenters. The van der Waals surface area contributed by atoms with Gasteiger partial charge in [-0.1, -0.05) is 24.3 Å². The third-order valence-electron chi connectivity index (χ3n) is 5.27. The van der Waals surface area contributed by atoms with E-state index in [2.05, 4.69) is 34.5 Å². The van der Waals surface area contributed by atoms with Crippen molar-refractivity contribution in [3.63, 3.8) is 0 Å². The van der Waals surface area contributed by atoms with Crippen molar-refractivity contribution in [2.24, 2.45) is 0 Å². The first kappa shape index (κ1) is 20.6. The van der Waals surface area contributed by atoms with E-state index in [0.717, 1.165) is 24.2 Å². The minimum absolute atomic E-state index is 0.0551. The predicted octanol–water partition coefficient (Wildman–Crippen LogP) is 3.71. The molecule has 2 amide bonds. The van der Waals surface area contributed by atoms with E-state index in [9.17, 15) is 9.59 Å². The molecule has 0 bridgehead atoms. The fraction of sp³-hybridized carbons (Fsp3) is 0.333. The first-order chi connectivity index (χ1) is 14.1. The summed E-state index contributed by atoms with van der Waals surface area (Å²) in [7, 11) is 3.41. The Labute approximate surface area is 173 Å². The Balaban J connectivity index is 1.54. The number of nitrogens with one attached hydrogen (secondary N) is 1. The van der Waals surface area contributed by atoms with Crippen molar-refractivity contribution < 1.29 is 9.59 Å². The standard InChI is InChI=1S/C24H29N3O2/c1-25-24(29)21-11-6-19(7-12-21)10-15-23(28)26(2)18-20-8-13-22(14-9-20)27-16-4-3-5-17-27/h6-15H,3-5,16-18H2,1-2H3,(H,25,29)/b15-10+. The first-order valence-corrected chi connectivity index (χ1v) is 10.2. The van der Waals surface area contributed by atoms with Gasteiger partial charge in [-0.2, -0.15) is 0 Å². The van der Waals surface area contributed by atoms with Gasteiger partial charge in [0, 0.05) is 51.1 Å². The van der Waals surface area contributed by atoms with E-state index in [-0.39, 0.29) is 11.8 Å². The van der Waals surface area contributed by atoms with Gasteiger partial charge in [0.15, 0.2) is 0 Å². The van der Waals surface area contributed by atoms with Crippen molar-refractivity contribution in [2.75, 3.05) is 32.1 Å². The lowest BCUT2D eigenvalue weighted by Gasteiger charge is -2.29. The summed E-state index contributed by atoms with van der Waals surface area (Å²) in [5.41, 5.74) is 3.86. The van der Waals surface area contributed by atoms with E-state index in [4.69, 9.17) is 0 Å². The maximum atomic E-state index is 12.4. The van der Waals surface area contributed by atoms with Crippen molar-refractivity contribution in [1.82, 2.24) is 10.2 Å². The molecule has 0 aliphatic carbocycles. The highest BCUT2D eigenvalue weighted by atomic mass is 16.2. The SMILES string of the molecule is CNC(=O)c1ccc(/C=C/C(=O)N(C)Cc2ccc(N3CCCCC3)cc2)cc1. The zero-order chi connectivity index (χ0) is 20.6. The third kappa shape index (κ3) is 5.70. The van der Waals surface area contributed by atoms with Crippen LogP contribution in [0.15, 0.2) is 54.6 Å². The van der Waals surface area contributed by atoms with E-state index in [1.807, 2.05) is 12.1 Å². The molecule has 2 aromatic rings. The molecule has 1 fully saturated rings. The topological polar surface area (TPSA) is 52.7 Å². The molecule has 1 N–H and O–H groups in total. The molecular formula is C24H29N3O2. The predicted molar refractivity (Wildman–Crippen MR) is 118 cm³/mol. The largest absolute Gasteiger partial charge is 0.372 e. The van der Waals surface area contributed by atoms with Crippen LogP contribution in [-0.4, -0.2) is 43.9 Å². The molecule has 0 spiro atoms. The maximum Gasteiger partial charge on any atom is 0.251 e. The highest BCUT2D eigenvalue weighted by molar-refractivity contribution is 5.94. The number of nitrogens with zero attached hydrogens (tertiary/aromatic N) is 2. The van der Waals surface area contributed by atoms with Crippen LogP contribution in [0.25, 0.3) is 6.08 Å². The number of hydrogen-bond donors (Lipinski definition) is 1. The molecule has 1 aliphatic heterocycles. The van der Waals surface area contributed by atoms with Crippen molar-refractivity contribution in [3.8, 4) is 0 Å². The van der Waals surface area contributed by atoms with E-state index >= 15 is 0 Å². The lowest BCUT2D eigenvalue weighted by atomic mass is 10.1. The van der Waals surface area contributed by atoms with Gasteiger partial charge in [-0.3, -0.25) is 9.59 Å². The molecule has 0 aromatic heterocycles. The highest BCUT2D eigenvalue weighted by Gasteiger charge is 2.11. The van der Waals surface area contributed by atoms with Gasteiger partial charge in [0.05, 0.1) is 0 Å². The van der Waals surface area contributed by atoms with E-state index in [1.165, 1.54) is 24.9 Å². The lowest BCUT2D eigenvalue weighted by Crippen LogP contribution is -2.29. The maximum absolute atomic E-state index is 12.4. The van der Waals surface area contributed by atoms with Gasteiger partial charge >= 0.3 is 0 Å². The quantitative estimate of drug-likeness (QED) is 0.764. The van der Waals surface area contributed by atoms with Crippen molar-refractivity contribution in [2.45, 2.75) is 25.8 Å². The molecule has 1 heterocycles. The molecule has 5 nitrogen and oxygen atoms in total. The summed E-state index contributed by atoms with van der Waals surface area (Å²) in [6.07, 6.45) is 7.19. The van der Waals surface area contributed by atoms with Gasteiger partial charge in [0.25, 0.3) is 5.91 Å². The van der Waals surface area contributed by atoms with Crippen molar-refractivity contribution >= 4 is 23.6 Å². The van der Waals surface area contributed by atoms with Crippen LogP contribution in [0.1, 0.15) is 40.7 Å². The second-order valence-electron chi connectivity index (χ2n) is 7.44. The average Bonchev–Trinajstić information content (AvgIpc) is 2.78. The molecule has 5 heteroatoms. The summed E-state index contributed by atoms with van der Waals surface area (Å²) in [6, 6.07) is 15.7. The fourth-order valence-electron chi connectivity index (χ4n) is 3.50. The second-order valence-corrected chi connectivity index (χ2v) is 7.44. The molecule has 29 heavy (non-hydrogen) atoms.